The predicted octanol–water partition coefficient (Wildman–Crippen LogP) is 3.55. The summed E-state index contributed by atoms with van der Waals surface area (Å²) < 4.78 is 1.89. The molecule has 0 atom stereocenters. The van der Waals surface area contributed by atoms with Crippen molar-refractivity contribution < 1.29 is 9.90 Å². The summed E-state index contributed by atoms with van der Waals surface area (Å²) in [6.45, 7) is 0.575. The van der Waals surface area contributed by atoms with Crippen LogP contribution in [0, 0.1) is 5.41 Å². The first-order valence-corrected chi connectivity index (χ1v) is 9.12. The highest BCUT2D eigenvalue weighted by Crippen LogP contribution is 2.39. The van der Waals surface area contributed by atoms with Gasteiger partial charge >= 0.3 is 0 Å². The maximum absolute atomic E-state index is 12.8. The van der Waals surface area contributed by atoms with Crippen LogP contribution in [0.3, 0.4) is 0 Å². The minimum absolute atomic E-state index is 0.102. The van der Waals surface area contributed by atoms with Gasteiger partial charge in [0.25, 0.3) is 5.91 Å². The Hall–Kier alpha value is -2.37. The number of nitrogens with one attached hydrogen (secondary N) is 1. The van der Waals surface area contributed by atoms with E-state index in [1.54, 1.807) is 6.07 Å². The zero-order valence-corrected chi connectivity index (χ0v) is 15.0. The average Bonchev–Trinajstić information content (AvgIpc) is 3.01. The fourth-order valence-electron chi connectivity index (χ4n) is 3.46. The highest BCUT2D eigenvalue weighted by Gasteiger charge is 2.36. The summed E-state index contributed by atoms with van der Waals surface area (Å²) in [5.74, 6) is 0.454. The van der Waals surface area contributed by atoms with E-state index in [1.165, 1.54) is 0 Å². The molecule has 0 saturated heterocycles. The number of rotatable bonds is 5. The summed E-state index contributed by atoms with van der Waals surface area (Å²) in [7, 11) is 0. The molecule has 1 fully saturated rings. The van der Waals surface area contributed by atoms with Crippen LogP contribution in [0.4, 0.5) is 0 Å². The van der Waals surface area contributed by atoms with Crippen LogP contribution in [0.2, 0.25) is 5.02 Å². The Morgan fingerprint density at radius 2 is 2.12 bits per heavy atom. The Bertz CT molecular complexity index is 957. The molecule has 2 aromatic heterocycles. The molecule has 1 aromatic carbocycles. The molecular weight excluding hydrogens is 350 g/mol. The number of hydrogen-bond donors (Lipinski definition) is 2. The number of pyridine rings is 1. The molecule has 0 radical (unpaired) electrons. The van der Waals surface area contributed by atoms with Gasteiger partial charge in [-0.2, -0.15) is 0 Å². The van der Waals surface area contributed by atoms with Crippen molar-refractivity contribution in [3.8, 4) is 11.4 Å². The second-order valence-electron chi connectivity index (χ2n) is 6.94. The van der Waals surface area contributed by atoms with Gasteiger partial charge in [-0.15, -0.1) is 0 Å². The minimum Gasteiger partial charge on any atom is -0.396 e. The predicted molar refractivity (Wildman–Crippen MR) is 101 cm³/mol. The highest BCUT2D eigenvalue weighted by molar-refractivity contribution is 6.30. The van der Waals surface area contributed by atoms with Gasteiger partial charge in [-0.25, -0.2) is 4.98 Å². The van der Waals surface area contributed by atoms with E-state index in [0.29, 0.717) is 23.1 Å². The van der Waals surface area contributed by atoms with Gasteiger partial charge in [-0.1, -0.05) is 36.2 Å². The molecule has 3 aromatic rings. The summed E-state index contributed by atoms with van der Waals surface area (Å²) in [5.41, 5.74) is 1.81. The first-order chi connectivity index (χ1) is 12.6. The lowest BCUT2D eigenvalue weighted by Gasteiger charge is -2.40. The first kappa shape index (κ1) is 17.1. The van der Waals surface area contributed by atoms with Crippen LogP contribution in [0.1, 0.15) is 29.8 Å². The summed E-state index contributed by atoms with van der Waals surface area (Å²) in [4.78, 5) is 17.4. The monoisotopic (exact) mass is 369 g/mol. The Balaban J connectivity index is 1.68. The number of carbonyl (C=O) groups excluding carboxylic acids is 1. The third-order valence-electron chi connectivity index (χ3n) is 5.22. The van der Waals surface area contributed by atoms with Crippen molar-refractivity contribution in [3.63, 3.8) is 0 Å². The second-order valence-corrected chi connectivity index (χ2v) is 7.38. The van der Waals surface area contributed by atoms with Gasteiger partial charge in [0.05, 0.1) is 12.1 Å². The molecule has 134 valence electrons. The quantitative estimate of drug-likeness (QED) is 0.722. The standard InChI is InChI=1S/C20H20ClN3O2/c21-15-6-3-5-14(11-15)18-23-17(16-7-1-2-10-24(16)18)19(26)22-12-20(13-25)8-4-9-20/h1-3,5-7,10-11,25H,4,8-9,12-13H2,(H,22,26). The number of carbonyl (C=O) groups is 1. The normalized spacial score (nSPS) is 15.6. The average molecular weight is 370 g/mol. The van der Waals surface area contributed by atoms with Gasteiger partial charge in [-0.05, 0) is 37.1 Å². The highest BCUT2D eigenvalue weighted by atomic mass is 35.5. The van der Waals surface area contributed by atoms with E-state index < -0.39 is 0 Å². The number of hydrogen-bond acceptors (Lipinski definition) is 3. The van der Waals surface area contributed by atoms with Crippen LogP contribution in [0.15, 0.2) is 48.7 Å². The molecule has 4 rings (SSSR count). The molecule has 1 amide bonds. The first-order valence-electron chi connectivity index (χ1n) is 8.74. The largest absolute Gasteiger partial charge is 0.396 e. The van der Waals surface area contributed by atoms with Crippen LogP contribution in [-0.2, 0) is 0 Å². The molecule has 2 N–H and O–H groups in total. The molecule has 0 spiro atoms. The van der Waals surface area contributed by atoms with Crippen molar-refractivity contribution >= 4 is 23.0 Å². The van der Waals surface area contributed by atoms with E-state index in [-0.39, 0.29) is 17.9 Å². The van der Waals surface area contributed by atoms with Gasteiger partial charge < -0.3 is 10.4 Å². The maximum atomic E-state index is 12.8. The van der Waals surface area contributed by atoms with Crippen molar-refractivity contribution in [1.82, 2.24) is 14.7 Å². The summed E-state index contributed by atoms with van der Waals surface area (Å²) in [6, 6.07) is 13.1. The third-order valence-corrected chi connectivity index (χ3v) is 5.45. The molecule has 1 saturated carbocycles. The number of aliphatic hydroxyl groups excluding tert-OH is 1. The summed E-state index contributed by atoms with van der Waals surface area (Å²) in [6.07, 6.45) is 4.88. The number of nitrogens with zero attached hydrogens (tertiary/aromatic N) is 2. The van der Waals surface area contributed by atoms with Gasteiger partial charge in [-0.3, -0.25) is 9.20 Å². The van der Waals surface area contributed by atoms with Crippen LogP contribution < -0.4 is 5.32 Å². The summed E-state index contributed by atoms with van der Waals surface area (Å²) in [5, 5.41) is 13.2. The molecule has 5 nitrogen and oxygen atoms in total. The Labute approximate surface area is 156 Å². The van der Waals surface area contributed by atoms with Crippen molar-refractivity contribution in [2.75, 3.05) is 13.2 Å². The molecule has 1 aliphatic carbocycles. The molecule has 0 unspecified atom stereocenters. The molecule has 2 heterocycles. The van der Waals surface area contributed by atoms with Crippen molar-refractivity contribution in [1.29, 1.82) is 0 Å². The van der Waals surface area contributed by atoms with Gasteiger partial charge in [0.15, 0.2) is 5.69 Å². The zero-order chi connectivity index (χ0) is 18.1. The van der Waals surface area contributed by atoms with Crippen LogP contribution in [0.25, 0.3) is 16.9 Å². The van der Waals surface area contributed by atoms with Gasteiger partial charge in [0.2, 0.25) is 0 Å². The van der Waals surface area contributed by atoms with Crippen molar-refractivity contribution in [2.24, 2.45) is 5.41 Å². The van der Waals surface area contributed by atoms with Crippen LogP contribution in [-0.4, -0.2) is 33.6 Å². The molecule has 0 aliphatic heterocycles. The lowest BCUT2D eigenvalue weighted by molar-refractivity contribution is 0.0428. The fraction of sp³-hybridized carbons (Fsp3) is 0.300. The number of imidazole rings is 1. The van der Waals surface area contributed by atoms with Gasteiger partial charge in [0, 0.05) is 28.7 Å². The second kappa shape index (κ2) is 6.74. The maximum Gasteiger partial charge on any atom is 0.272 e. The number of aliphatic hydroxyl groups is 1. The third kappa shape index (κ3) is 2.97. The number of halogens is 1. The molecule has 26 heavy (non-hydrogen) atoms. The van der Waals surface area contributed by atoms with E-state index in [4.69, 9.17) is 11.6 Å². The van der Waals surface area contributed by atoms with Crippen molar-refractivity contribution in [3.05, 3.63) is 59.4 Å². The summed E-state index contributed by atoms with van der Waals surface area (Å²) >= 11 is 6.11. The van der Waals surface area contributed by atoms with E-state index in [0.717, 1.165) is 30.3 Å². The molecular formula is C20H20ClN3O2. The SMILES string of the molecule is O=C(NCC1(CO)CCC1)c1nc(-c2cccc(Cl)c2)n2ccccc12. The fourth-order valence-corrected chi connectivity index (χ4v) is 3.65. The van der Waals surface area contributed by atoms with Crippen LogP contribution in [0.5, 0.6) is 0 Å². The Morgan fingerprint density at radius 1 is 1.27 bits per heavy atom. The van der Waals surface area contributed by atoms with E-state index >= 15 is 0 Å². The number of aromatic nitrogens is 2. The number of fused-ring (bicyclic) bond motifs is 1. The van der Waals surface area contributed by atoms with Crippen LogP contribution >= 0.6 is 11.6 Å². The number of benzene rings is 1. The topological polar surface area (TPSA) is 66.6 Å². The zero-order valence-electron chi connectivity index (χ0n) is 14.3. The van der Waals surface area contributed by atoms with E-state index in [1.807, 2.05) is 47.0 Å². The Morgan fingerprint density at radius 3 is 2.81 bits per heavy atom. The molecule has 0 bridgehead atoms. The Kier molecular flexibility index (Phi) is 4.42. The van der Waals surface area contributed by atoms with E-state index in [9.17, 15) is 9.90 Å². The smallest absolute Gasteiger partial charge is 0.272 e. The molecule has 6 heteroatoms. The van der Waals surface area contributed by atoms with E-state index in [2.05, 4.69) is 10.3 Å². The number of amides is 1. The van der Waals surface area contributed by atoms with Crippen molar-refractivity contribution in [2.45, 2.75) is 19.3 Å². The van der Waals surface area contributed by atoms with Gasteiger partial charge in [0.1, 0.15) is 5.82 Å². The lowest BCUT2D eigenvalue weighted by atomic mass is 9.69. The molecule has 1 aliphatic rings. The lowest BCUT2D eigenvalue weighted by Crippen LogP contribution is -2.44. The minimum atomic E-state index is -0.221.